The van der Waals surface area contributed by atoms with Gasteiger partial charge in [-0.3, -0.25) is 0 Å². The average Bonchev–Trinajstić information content (AvgIpc) is 2.23. The van der Waals surface area contributed by atoms with Crippen molar-refractivity contribution in [2.45, 2.75) is 66.5 Å². The van der Waals surface area contributed by atoms with Crippen LogP contribution in [-0.4, -0.2) is 5.54 Å². The molecule has 0 fully saturated rings. The molecule has 0 aliphatic rings. The van der Waals surface area contributed by atoms with E-state index in [2.05, 4.69) is 84.1 Å². The fourth-order valence-electron chi connectivity index (χ4n) is 3.09. The molecule has 0 aliphatic heterocycles. The van der Waals surface area contributed by atoms with Crippen LogP contribution in [0.1, 0.15) is 66.5 Å². The molecule has 0 amide bonds. The van der Waals surface area contributed by atoms with Gasteiger partial charge in [0.2, 0.25) is 0 Å². The summed E-state index contributed by atoms with van der Waals surface area (Å²) < 4.78 is 0. The molecular weight excluding hydrogens is 230 g/mol. The SMILES string of the molecule is CC(C)C(NC(C)(C)CC(C)(C)C)c1ccccc1. The molecule has 1 nitrogen and oxygen atoms in total. The molecule has 1 rings (SSSR count). The molecule has 1 atom stereocenters. The minimum absolute atomic E-state index is 0.142. The summed E-state index contributed by atoms with van der Waals surface area (Å²) in [4.78, 5) is 0. The predicted octanol–water partition coefficient (Wildman–Crippen LogP) is 5.19. The van der Waals surface area contributed by atoms with E-state index in [-0.39, 0.29) is 5.54 Å². The van der Waals surface area contributed by atoms with Gasteiger partial charge in [0.15, 0.2) is 0 Å². The first-order chi connectivity index (χ1) is 8.61. The third kappa shape index (κ3) is 5.78. The number of rotatable bonds is 5. The van der Waals surface area contributed by atoms with Crippen LogP contribution in [0.25, 0.3) is 0 Å². The number of hydrogen-bond donors (Lipinski definition) is 1. The van der Waals surface area contributed by atoms with E-state index in [4.69, 9.17) is 0 Å². The standard InChI is InChI=1S/C18H31N/c1-14(2)16(15-11-9-8-10-12-15)19-18(6,7)13-17(3,4)5/h8-12,14,16,19H,13H2,1-7H3. The second-order valence-corrected chi connectivity index (χ2v) is 7.90. The zero-order valence-corrected chi connectivity index (χ0v) is 13.7. The molecule has 0 saturated heterocycles. The van der Waals surface area contributed by atoms with Crippen LogP contribution in [0.3, 0.4) is 0 Å². The third-order valence-electron chi connectivity index (χ3n) is 3.34. The van der Waals surface area contributed by atoms with E-state index in [1.165, 1.54) is 5.56 Å². The second kappa shape index (κ2) is 6.09. The molecule has 1 heteroatoms. The van der Waals surface area contributed by atoms with Gasteiger partial charge in [-0.2, -0.15) is 0 Å². The fourth-order valence-corrected chi connectivity index (χ4v) is 3.09. The summed E-state index contributed by atoms with van der Waals surface area (Å²) in [5.41, 5.74) is 1.87. The molecule has 1 aromatic rings. The van der Waals surface area contributed by atoms with Gasteiger partial charge in [0.05, 0.1) is 0 Å². The Morgan fingerprint density at radius 1 is 0.947 bits per heavy atom. The van der Waals surface area contributed by atoms with Crippen molar-refractivity contribution in [3.63, 3.8) is 0 Å². The van der Waals surface area contributed by atoms with Crippen molar-refractivity contribution in [1.29, 1.82) is 0 Å². The van der Waals surface area contributed by atoms with E-state index < -0.39 is 0 Å². The van der Waals surface area contributed by atoms with Crippen LogP contribution < -0.4 is 5.32 Å². The van der Waals surface area contributed by atoms with E-state index >= 15 is 0 Å². The topological polar surface area (TPSA) is 12.0 Å². The van der Waals surface area contributed by atoms with Gasteiger partial charge < -0.3 is 5.32 Å². The first-order valence-corrected chi connectivity index (χ1v) is 7.43. The van der Waals surface area contributed by atoms with Crippen LogP contribution in [0.5, 0.6) is 0 Å². The highest BCUT2D eigenvalue weighted by molar-refractivity contribution is 5.20. The van der Waals surface area contributed by atoms with E-state index in [0.29, 0.717) is 17.4 Å². The Hall–Kier alpha value is -0.820. The van der Waals surface area contributed by atoms with Crippen LogP contribution in [-0.2, 0) is 0 Å². The molecule has 1 aromatic carbocycles. The average molecular weight is 261 g/mol. The van der Waals surface area contributed by atoms with Gasteiger partial charge in [-0.15, -0.1) is 0 Å². The number of benzene rings is 1. The first-order valence-electron chi connectivity index (χ1n) is 7.43. The second-order valence-electron chi connectivity index (χ2n) is 7.90. The van der Waals surface area contributed by atoms with Gasteiger partial charge in [0, 0.05) is 11.6 Å². The van der Waals surface area contributed by atoms with Crippen molar-refractivity contribution in [1.82, 2.24) is 5.32 Å². The quantitative estimate of drug-likeness (QED) is 0.769. The van der Waals surface area contributed by atoms with E-state index in [1.54, 1.807) is 0 Å². The van der Waals surface area contributed by atoms with Gasteiger partial charge in [-0.1, -0.05) is 65.0 Å². The zero-order valence-electron chi connectivity index (χ0n) is 13.7. The van der Waals surface area contributed by atoms with Crippen molar-refractivity contribution >= 4 is 0 Å². The zero-order chi connectivity index (χ0) is 14.7. The number of hydrogen-bond acceptors (Lipinski definition) is 1. The van der Waals surface area contributed by atoms with Gasteiger partial charge >= 0.3 is 0 Å². The van der Waals surface area contributed by atoms with Crippen molar-refractivity contribution < 1.29 is 0 Å². The van der Waals surface area contributed by atoms with Crippen LogP contribution in [0.15, 0.2) is 30.3 Å². The normalized spacial score (nSPS) is 14.7. The number of nitrogens with one attached hydrogen (secondary N) is 1. The molecule has 1 unspecified atom stereocenters. The van der Waals surface area contributed by atoms with Crippen molar-refractivity contribution in [3.05, 3.63) is 35.9 Å². The summed E-state index contributed by atoms with van der Waals surface area (Å²) in [7, 11) is 0. The monoisotopic (exact) mass is 261 g/mol. The lowest BCUT2D eigenvalue weighted by Crippen LogP contribution is -2.45. The molecule has 0 heterocycles. The van der Waals surface area contributed by atoms with Crippen molar-refractivity contribution in [2.75, 3.05) is 0 Å². The Balaban J connectivity index is 2.85. The Kier molecular flexibility index (Phi) is 5.20. The molecule has 0 aromatic heterocycles. The summed E-state index contributed by atoms with van der Waals surface area (Å²) in [5, 5.41) is 3.87. The van der Waals surface area contributed by atoms with Crippen LogP contribution >= 0.6 is 0 Å². The highest BCUT2D eigenvalue weighted by Crippen LogP contribution is 2.31. The smallest absolute Gasteiger partial charge is 0.0347 e. The molecule has 19 heavy (non-hydrogen) atoms. The van der Waals surface area contributed by atoms with Gasteiger partial charge in [-0.05, 0) is 37.2 Å². The van der Waals surface area contributed by atoms with Crippen molar-refractivity contribution in [2.24, 2.45) is 11.3 Å². The Morgan fingerprint density at radius 2 is 1.47 bits per heavy atom. The Labute approximate surface area is 119 Å². The van der Waals surface area contributed by atoms with Gasteiger partial charge in [0.25, 0.3) is 0 Å². The minimum Gasteiger partial charge on any atom is -0.305 e. The maximum Gasteiger partial charge on any atom is 0.0347 e. The lowest BCUT2D eigenvalue weighted by atomic mass is 9.80. The maximum absolute atomic E-state index is 3.87. The Morgan fingerprint density at radius 3 is 1.89 bits per heavy atom. The van der Waals surface area contributed by atoms with Gasteiger partial charge in [-0.25, -0.2) is 0 Å². The Bertz CT molecular complexity index is 370. The molecule has 108 valence electrons. The predicted molar refractivity (Wildman–Crippen MR) is 85.3 cm³/mol. The van der Waals surface area contributed by atoms with Crippen LogP contribution in [0.4, 0.5) is 0 Å². The molecular formula is C18H31N. The molecule has 1 N–H and O–H groups in total. The summed E-state index contributed by atoms with van der Waals surface area (Å²) >= 11 is 0. The van der Waals surface area contributed by atoms with E-state index in [1.807, 2.05) is 0 Å². The summed E-state index contributed by atoms with van der Waals surface area (Å²) in [6.07, 6.45) is 1.16. The molecule has 0 spiro atoms. The summed E-state index contributed by atoms with van der Waals surface area (Å²) in [6.45, 7) is 16.1. The summed E-state index contributed by atoms with van der Waals surface area (Å²) in [6, 6.07) is 11.2. The van der Waals surface area contributed by atoms with Crippen molar-refractivity contribution in [3.8, 4) is 0 Å². The first kappa shape index (κ1) is 16.2. The third-order valence-corrected chi connectivity index (χ3v) is 3.34. The maximum atomic E-state index is 3.87. The fraction of sp³-hybridized carbons (Fsp3) is 0.667. The molecule has 0 aliphatic carbocycles. The van der Waals surface area contributed by atoms with E-state index in [0.717, 1.165) is 6.42 Å². The van der Waals surface area contributed by atoms with E-state index in [9.17, 15) is 0 Å². The largest absolute Gasteiger partial charge is 0.305 e. The molecule has 0 saturated carbocycles. The highest BCUT2D eigenvalue weighted by atomic mass is 15.0. The van der Waals surface area contributed by atoms with Gasteiger partial charge in [0.1, 0.15) is 0 Å². The lowest BCUT2D eigenvalue weighted by Gasteiger charge is -2.38. The molecule has 0 bridgehead atoms. The minimum atomic E-state index is 0.142. The highest BCUT2D eigenvalue weighted by Gasteiger charge is 2.29. The van der Waals surface area contributed by atoms with Crippen LogP contribution in [0, 0.1) is 11.3 Å². The summed E-state index contributed by atoms with van der Waals surface area (Å²) in [5.74, 6) is 0.585. The van der Waals surface area contributed by atoms with Crippen LogP contribution in [0.2, 0.25) is 0 Å². The lowest BCUT2D eigenvalue weighted by molar-refractivity contribution is 0.205. The molecule has 0 radical (unpaired) electrons.